The summed E-state index contributed by atoms with van der Waals surface area (Å²) in [7, 11) is 0. The summed E-state index contributed by atoms with van der Waals surface area (Å²) in [6.07, 6.45) is 0.790. The van der Waals surface area contributed by atoms with Crippen molar-refractivity contribution < 1.29 is 9.59 Å². The standard InChI is InChI=1S/C23H23ClN4O2/c1-16-3-5-18(6-4-16)15-27-11-2-12-28-21(23(27)30)13-20(26-28)22(29)25-14-17-7-9-19(24)10-8-17/h3-10,13H,2,11-12,14-15H2,1H3,(H,25,29). The zero-order valence-corrected chi connectivity index (χ0v) is 17.5. The van der Waals surface area contributed by atoms with Gasteiger partial charge in [0, 0.05) is 37.3 Å². The second kappa shape index (κ2) is 8.71. The van der Waals surface area contributed by atoms with Gasteiger partial charge in [0.25, 0.3) is 11.8 Å². The van der Waals surface area contributed by atoms with Crippen LogP contribution in [0.2, 0.25) is 5.02 Å². The van der Waals surface area contributed by atoms with Crippen molar-refractivity contribution in [3.8, 4) is 0 Å². The molecule has 0 bridgehead atoms. The van der Waals surface area contributed by atoms with E-state index in [1.807, 2.05) is 48.2 Å². The quantitative estimate of drug-likeness (QED) is 0.679. The number of carbonyl (C=O) groups excluding carboxylic acids is 2. The maximum absolute atomic E-state index is 13.1. The number of fused-ring (bicyclic) bond motifs is 1. The minimum Gasteiger partial charge on any atom is -0.347 e. The molecule has 1 N–H and O–H groups in total. The summed E-state index contributed by atoms with van der Waals surface area (Å²) in [5.74, 6) is -0.402. The summed E-state index contributed by atoms with van der Waals surface area (Å²) in [5, 5.41) is 7.87. The smallest absolute Gasteiger partial charge is 0.272 e. The molecule has 1 aliphatic heterocycles. The van der Waals surface area contributed by atoms with Crippen molar-refractivity contribution in [3.63, 3.8) is 0 Å². The van der Waals surface area contributed by atoms with Gasteiger partial charge in [-0.05, 0) is 36.6 Å². The molecule has 7 heteroatoms. The van der Waals surface area contributed by atoms with Crippen LogP contribution < -0.4 is 5.32 Å². The largest absolute Gasteiger partial charge is 0.347 e. The summed E-state index contributed by atoms with van der Waals surface area (Å²) in [4.78, 5) is 27.5. The molecule has 1 aromatic heterocycles. The van der Waals surface area contributed by atoms with E-state index in [9.17, 15) is 9.59 Å². The predicted molar refractivity (Wildman–Crippen MR) is 115 cm³/mol. The fraction of sp³-hybridized carbons (Fsp3) is 0.261. The monoisotopic (exact) mass is 422 g/mol. The van der Waals surface area contributed by atoms with Gasteiger partial charge in [0.15, 0.2) is 5.69 Å². The van der Waals surface area contributed by atoms with Crippen molar-refractivity contribution in [1.82, 2.24) is 20.0 Å². The van der Waals surface area contributed by atoms with Gasteiger partial charge in [0.2, 0.25) is 0 Å². The first-order chi connectivity index (χ1) is 14.5. The van der Waals surface area contributed by atoms with E-state index in [0.717, 1.165) is 17.5 Å². The number of rotatable bonds is 5. The van der Waals surface area contributed by atoms with Gasteiger partial charge in [0.1, 0.15) is 5.69 Å². The topological polar surface area (TPSA) is 67.2 Å². The molecule has 1 aliphatic rings. The lowest BCUT2D eigenvalue weighted by Gasteiger charge is -2.20. The molecule has 4 rings (SSSR count). The minimum atomic E-state index is -0.302. The number of halogens is 1. The van der Waals surface area contributed by atoms with Gasteiger partial charge in [-0.25, -0.2) is 0 Å². The maximum Gasteiger partial charge on any atom is 0.272 e. The molecule has 2 amide bonds. The average molecular weight is 423 g/mol. The molecule has 2 heterocycles. The highest BCUT2D eigenvalue weighted by Gasteiger charge is 2.26. The van der Waals surface area contributed by atoms with E-state index >= 15 is 0 Å². The number of aromatic nitrogens is 2. The molecule has 0 unspecified atom stereocenters. The van der Waals surface area contributed by atoms with Crippen LogP contribution >= 0.6 is 11.6 Å². The summed E-state index contributed by atoms with van der Waals surface area (Å²) in [6, 6.07) is 17.0. The number of hydrogen-bond acceptors (Lipinski definition) is 3. The van der Waals surface area contributed by atoms with Gasteiger partial charge in [-0.15, -0.1) is 0 Å². The number of benzene rings is 2. The fourth-order valence-electron chi connectivity index (χ4n) is 3.49. The Morgan fingerprint density at radius 2 is 1.77 bits per heavy atom. The number of nitrogens with zero attached hydrogens (tertiary/aromatic N) is 3. The molecule has 0 saturated carbocycles. The highest BCUT2D eigenvalue weighted by atomic mass is 35.5. The molecule has 154 valence electrons. The van der Waals surface area contributed by atoms with Gasteiger partial charge in [-0.1, -0.05) is 53.6 Å². The van der Waals surface area contributed by atoms with Crippen molar-refractivity contribution >= 4 is 23.4 Å². The van der Waals surface area contributed by atoms with Crippen LogP contribution in [-0.4, -0.2) is 33.0 Å². The lowest BCUT2D eigenvalue weighted by Crippen LogP contribution is -2.30. The van der Waals surface area contributed by atoms with Crippen LogP contribution in [0.15, 0.2) is 54.6 Å². The third-order valence-electron chi connectivity index (χ3n) is 5.18. The van der Waals surface area contributed by atoms with Crippen LogP contribution in [0.1, 0.15) is 44.1 Å². The molecule has 30 heavy (non-hydrogen) atoms. The second-order valence-electron chi connectivity index (χ2n) is 7.51. The van der Waals surface area contributed by atoms with Crippen molar-refractivity contribution in [1.29, 1.82) is 0 Å². The fourth-order valence-corrected chi connectivity index (χ4v) is 3.61. The summed E-state index contributed by atoms with van der Waals surface area (Å²) in [5.41, 5.74) is 3.92. The summed E-state index contributed by atoms with van der Waals surface area (Å²) in [6.45, 7) is 4.22. The van der Waals surface area contributed by atoms with Crippen LogP contribution in [0.25, 0.3) is 0 Å². The normalized spacial score (nSPS) is 13.7. The molecule has 0 atom stereocenters. The van der Waals surface area contributed by atoms with E-state index in [2.05, 4.69) is 10.4 Å². The Labute approximate surface area is 180 Å². The molecular weight excluding hydrogens is 400 g/mol. The highest BCUT2D eigenvalue weighted by molar-refractivity contribution is 6.30. The van der Waals surface area contributed by atoms with Crippen molar-refractivity contribution in [2.75, 3.05) is 6.54 Å². The summed E-state index contributed by atoms with van der Waals surface area (Å²) < 4.78 is 1.65. The van der Waals surface area contributed by atoms with Gasteiger partial charge in [-0.3, -0.25) is 14.3 Å². The predicted octanol–water partition coefficient (Wildman–Crippen LogP) is 3.82. The first-order valence-electron chi connectivity index (χ1n) is 9.95. The van der Waals surface area contributed by atoms with E-state index in [4.69, 9.17) is 11.6 Å². The number of amides is 2. The Morgan fingerprint density at radius 3 is 2.50 bits per heavy atom. The third kappa shape index (κ3) is 4.54. The Bertz CT molecular complexity index is 1060. The third-order valence-corrected chi connectivity index (χ3v) is 5.43. The van der Waals surface area contributed by atoms with Crippen LogP contribution in [0, 0.1) is 6.92 Å². The van der Waals surface area contributed by atoms with Crippen LogP contribution in [0.5, 0.6) is 0 Å². The zero-order chi connectivity index (χ0) is 21.1. The number of hydrogen-bond donors (Lipinski definition) is 1. The lowest BCUT2D eigenvalue weighted by molar-refractivity contribution is 0.0745. The zero-order valence-electron chi connectivity index (χ0n) is 16.8. The SMILES string of the molecule is Cc1ccc(CN2CCCn3nc(C(=O)NCc4ccc(Cl)cc4)cc3C2=O)cc1. The van der Waals surface area contributed by atoms with Crippen LogP contribution in [-0.2, 0) is 19.6 Å². The van der Waals surface area contributed by atoms with Crippen LogP contribution in [0.4, 0.5) is 0 Å². The molecule has 6 nitrogen and oxygen atoms in total. The first kappa shape index (κ1) is 20.2. The van der Waals surface area contributed by atoms with Crippen LogP contribution in [0.3, 0.4) is 0 Å². The van der Waals surface area contributed by atoms with Gasteiger partial charge in [-0.2, -0.15) is 5.10 Å². The van der Waals surface area contributed by atoms with Crippen molar-refractivity contribution in [2.45, 2.75) is 33.0 Å². The molecule has 2 aromatic carbocycles. The molecule has 3 aromatic rings. The highest BCUT2D eigenvalue weighted by Crippen LogP contribution is 2.17. The number of aryl methyl sites for hydroxylation is 2. The maximum atomic E-state index is 13.1. The first-order valence-corrected chi connectivity index (χ1v) is 10.3. The Hall–Kier alpha value is -3.12. The summed E-state index contributed by atoms with van der Waals surface area (Å²) >= 11 is 5.89. The van der Waals surface area contributed by atoms with E-state index < -0.39 is 0 Å². The van der Waals surface area contributed by atoms with E-state index in [-0.39, 0.29) is 17.5 Å². The van der Waals surface area contributed by atoms with Gasteiger partial charge in [0.05, 0.1) is 0 Å². The van der Waals surface area contributed by atoms with Crippen molar-refractivity contribution in [2.24, 2.45) is 0 Å². The Kier molecular flexibility index (Phi) is 5.86. The molecule has 0 spiro atoms. The Morgan fingerprint density at radius 1 is 1.07 bits per heavy atom. The van der Waals surface area contributed by atoms with E-state index in [1.54, 1.807) is 22.9 Å². The molecular formula is C23H23ClN4O2. The van der Waals surface area contributed by atoms with E-state index in [1.165, 1.54) is 5.56 Å². The lowest BCUT2D eigenvalue weighted by atomic mass is 10.1. The number of nitrogens with one attached hydrogen (secondary N) is 1. The van der Waals surface area contributed by atoms with Gasteiger partial charge >= 0.3 is 0 Å². The molecule has 0 radical (unpaired) electrons. The second-order valence-corrected chi connectivity index (χ2v) is 7.95. The van der Waals surface area contributed by atoms with E-state index in [0.29, 0.717) is 36.9 Å². The molecule has 0 aliphatic carbocycles. The molecule has 0 saturated heterocycles. The van der Waals surface area contributed by atoms with Gasteiger partial charge < -0.3 is 10.2 Å². The average Bonchev–Trinajstić information content (AvgIpc) is 3.12. The van der Waals surface area contributed by atoms with Crippen molar-refractivity contribution in [3.05, 3.63) is 87.7 Å². The Balaban J connectivity index is 1.45. The molecule has 0 fully saturated rings. The minimum absolute atomic E-state index is 0.0997. The number of carbonyl (C=O) groups is 2.